The standard InChI is InChI=1S/C18H27N3O3/c1-15-4-3-5-16(14-15)21-12-10-20(11-13-21)9-6-17(22)19(2)8-7-18(23)24/h3-5,14H,6-13H2,1-2H3,(H,23,24). The molecule has 2 rings (SSSR count). The van der Waals surface area contributed by atoms with Gasteiger partial charge in [0.2, 0.25) is 5.91 Å². The van der Waals surface area contributed by atoms with Crippen LogP contribution in [0.15, 0.2) is 24.3 Å². The van der Waals surface area contributed by atoms with Gasteiger partial charge in [-0.2, -0.15) is 0 Å². The van der Waals surface area contributed by atoms with E-state index in [0.29, 0.717) is 6.42 Å². The van der Waals surface area contributed by atoms with Gasteiger partial charge in [0.1, 0.15) is 0 Å². The number of carboxylic acid groups (broad SMARTS) is 1. The lowest BCUT2D eigenvalue weighted by Gasteiger charge is -2.36. The lowest BCUT2D eigenvalue weighted by molar-refractivity contribution is -0.138. The number of benzene rings is 1. The fourth-order valence-corrected chi connectivity index (χ4v) is 2.89. The molecule has 132 valence electrons. The van der Waals surface area contributed by atoms with Crippen molar-refractivity contribution < 1.29 is 14.7 Å². The van der Waals surface area contributed by atoms with Crippen LogP contribution in [0.3, 0.4) is 0 Å². The molecule has 0 spiro atoms. The molecule has 6 heteroatoms. The number of rotatable bonds is 7. The number of piperazine rings is 1. The quantitative estimate of drug-likeness (QED) is 0.818. The summed E-state index contributed by atoms with van der Waals surface area (Å²) in [7, 11) is 1.67. The first-order valence-electron chi connectivity index (χ1n) is 8.45. The monoisotopic (exact) mass is 333 g/mol. The minimum atomic E-state index is -0.873. The number of aryl methyl sites for hydroxylation is 1. The highest BCUT2D eigenvalue weighted by Crippen LogP contribution is 2.17. The molecular formula is C18H27N3O3. The van der Waals surface area contributed by atoms with Crippen LogP contribution in [0, 0.1) is 6.92 Å². The van der Waals surface area contributed by atoms with Crippen LogP contribution in [0.25, 0.3) is 0 Å². The molecule has 1 fully saturated rings. The lowest BCUT2D eigenvalue weighted by Crippen LogP contribution is -2.47. The van der Waals surface area contributed by atoms with Crippen molar-refractivity contribution in [1.29, 1.82) is 0 Å². The molecule has 0 aromatic heterocycles. The smallest absolute Gasteiger partial charge is 0.305 e. The van der Waals surface area contributed by atoms with Gasteiger partial charge >= 0.3 is 5.97 Å². The summed E-state index contributed by atoms with van der Waals surface area (Å²) >= 11 is 0. The molecule has 1 aliphatic rings. The Morgan fingerprint density at radius 2 is 1.88 bits per heavy atom. The zero-order valence-electron chi connectivity index (χ0n) is 14.6. The molecule has 1 N–H and O–H groups in total. The van der Waals surface area contributed by atoms with Gasteiger partial charge in [-0.05, 0) is 24.6 Å². The van der Waals surface area contributed by atoms with Gasteiger partial charge in [-0.3, -0.25) is 14.5 Å². The van der Waals surface area contributed by atoms with Crippen molar-refractivity contribution in [3.05, 3.63) is 29.8 Å². The normalized spacial score (nSPS) is 15.3. The topological polar surface area (TPSA) is 64.1 Å². The van der Waals surface area contributed by atoms with Crippen molar-refractivity contribution in [2.75, 3.05) is 51.2 Å². The van der Waals surface area contributed by atoms with Crippen LogP contribution in [0.2, 0.25) is 0 Å². The molecule has 6 nitrogen and oxygen atoms in total. The van der Waals surface area contributed by atoms with Gasteiger partial charge in [-0.15, -0.1) is 0 Å². The molecular weight excluding hydrogens is 306 g/mol. The highest BCUT2D eigenvalue weighted by molar-refractivity contribution is 5.76. The number of carbonyl (C=O) groups is 2. The summed E-state index contributed by atoms with van der Waals surface area (Å²) in [6.07, 6.45) is 0.442. The van der Waals surface area contributed by atoms with E-state index >= 15 is 0 Å². The minimum absolute atomic E-state index is 0.00257. The van der Waals surface area contributed by atoms with Crippen LogP contribution in [0.1, 0.15) is 18.4 Å². The van der Waals surface area contributed by atoms with Crippen LogP contribution >= 0.6 is 0 Å². The number of hydrogen-bond acceptors (Lipinski definition) is 4. The van der Waals surface area contributed by atoms with Crippen molar-refractivity contribution in [2.45, 2.75) is 19.8 Å². The molecule has 24 heavy (non-hydrogen) atoms. The SMILES string of the molecule is Cc1cccc(N2CCN(CCC(=O)N(C)CCC(=O)O)CC2)c1. The van der Waals surface area contributed by atoms with E-state index in [1.54, 1.807) is 7.05 Å². The Labute approximate surface area is 143 Å². The maximum Gasteiger partial charge on any atom is 0.305 e. The van der Waals surface area contributed by atoms with E-state index in [4.69, 9.17) is 5.11 Å². The van der Waals surface area contributed by atoms with E-state index in [1.165, 1.54) is 16.2 Å². The number of carbonyl (C=O) groups excluding carboxylic acids is 1. The van der Waals surface area contributed by atoms with E-state index in [-0.39, 0.29) is 18.9 Å². The molecule has 1 heterocycles. The third kappa shape index (κ3) is 5.53. The molecule has 0 radical (unpaired) electrons. The van der Waals surface area contributed by atoms with Gasteiger partial charge in [0, 0.05) is 58.4 Å². The molecule has 1 aromatic rings. The zero-order valence-corrected chi connectivity index (χ0v) is 14.6. The Kier molecular flexibility index (Phi) is 6.61. The second-order valence-corrected chi connectivity index (χ2v) is 6.38. The molecule has 1 amide bonds. The molecule has 1 aromatic carbocycles. The number of nitrogens with zero attached hydrogens (tertiary/aromatic N) is 3. The second kappa shape index (κ2) is 8.68. The number of hydrogen-bond donors (Lipinski definition) is 1. The Hall–Kier alpha value is -2.08. The van der Waals surface area contributed by atoms with E-state index in [0.717, 1.165) is 32.7 Å². The summed E-state index contributed by atoms with van der Waals surface area (Å²) in [4.78, 5) is 28.8. The number of aliphatic carboxylic acids is 1. The molecule has 0 saturated carbocycles. The molecule has 1 aliphatic heterocycles. The summed E-state index contributed by atoms with van der Waals surface area (Å²) < 4.78 is 0. The van der Waals surface area contributed by atoms with E-state index < -0.39 is 5.97 Å². The maximum atomic E-state index is 12.0. The van der Waals surface area contributed by atoms with E-state index in [1.807, 2.05) is 0 Å². The Morgan fingerprint density at radius 1 is 1.17 bits per heavy atom. The summed E-state index contributed by atoms with van der Waals surface area (Å²) in [6, 6.07) is 8.54. The number of carboxylic acids is 1. The predicted octanol–water partition coefficient (Wildman–Crippen LogP) is 1.44. The highest BCUT2D eigenvalue weighted by atomic mass is 16.4. The van der Waals surface area contributed by atoms with E-state index in [2.05, 4.69) is 41.0 Å². The van der Waals surface area contributed by atoms with Gasteiger partial charge < -0.3 is 14.9 Å². The Bertz CT molecular complexity index is 568. The van der Waals surface area contributed by atoms with Crippen molar-refractivity contribution in [3.8, 4) is 0 Å². The summed E-state index contributed by atoms with van der Waals surface area (Å²) in [6.45, 7) is 6.93. The zero-order chi connectivity index (χ0) is 17.5. The van der Waals surface area contributed by atoms with Crippen molar-refractivity contribution in [2.24, 2.45) is 0 Å². The van der Waals surface area contributed by atoms with E-state index in [9.17, 15) is 9.59 Å². The van der Waals surface area contributed by atoms with Gasteiger partial charge in [0.25, 0.3) is 0 Å². The third-order valence-electron chi connectivity index (χ3n) is 4.47. The number of anilines is 1. The number of amides is 1. The van der Waals surface area contributed by atoms with Crippen molar-refractivity contribution >= 4 is 17.6 Å². The molecule has 1 saturated heterocycles. The van der Waals surface area contributed by atoms with Crippen LogP contribution in [-0.2, 0) is 9.59 Å². The average molecular weight is 333 g/mol. The first-order chi connectivity index (χ1) is 11.5. The molecule has 0 atom stereocenters. The second-order valence-electron chi connectivity index (χ2n) is 6.38. The highest BCUT2D eigenvalue weighted by Gasteiger charge is 2.18. The first kappa shape index (κ1) is 18.3. The predicted molar refractivity (Wildman–Crippen MR) is 94.3 cm³/mol. The van der Waals surface area contributed by atoms with Crippen LogP contribution in [-0.4, -0.2) is 73.1 Å². The fourth-order valence-electron chi connectivity index (χ4n) is 2.89. The molecule has 0 bridgehead atoms. The first-order valence-corrected chi connectivity index (χ1v) is 8.45. The van der Waals surface area contributed by atoms with Gasteiger partial charge in [-0.1, -0.05) is 12.1 Å². The summed E-state index contributed by atoms with van der Waals surface area (Å²) in [5.41, 5.74) is 2.53. The average Bonchev–Trinajstić information content (AvgIpc) is 2.58. The maximum absolute atomic E-state index is 12.0. The van der Waals surface area contributed by atoms with Crippen LogP contribution in [0.4, 0.5) is 5.69 Å². The largest absolute Gasteiger partial charge is 0.481 e. The fraction of sp³-hybridized carbons (Fsp3) is 0.556. The summed E-state index contributed by atoms with van der Waals surface area (Å²) in [5, 5.41) is 8.66. The molecule has 0 unspecified atom stereocenters. The van der Waals surface area contributed by atoms with Crippen molar-refractivity contribution in [3.63, 3.8) is 0 Å². The minimum Gasteiger partial charge on any atom is -0.481 e. The summed E-state index contributed by atoms with van der Waals surface area (Å²) in [5.74, 6) is -0.862. The van der Waals surface area contributed by atoms with Crippen LogP contribution < -0.4 is 4.90 Å². The molecule has 0 aliphatic carbocycles. The van der Waals surface area contributed by atoms with Gasteiger partial charge in [0.05, 0.1) is 6.42 Å². The van der Waals surface area contributed by atoms with Gasteiger partial charge in [0.15, 0.2) is 0 Å². The third-order valence-corrected chi connectivity index (χ3v) is 4.47. The van der Waals surface area contributed by atoms with Gasteiger partial charge in [-0.25, -0.2) is 0 Å². The van der Waals surface area contributed by atoms with Crippen molar-refractivity contribution in [1.82, 2.24) is 9.80 Å². The van der Waals surface area contributed by atoms with Crippen LogP contribution in [0.5, 0.6) is 0 Å². The Morgan fingerprint density at radius 3 is 2.50 bits per heavy atom. The lowest BCUT2D eigenvalue weighted by atomic mass is 10.2. The Balaban J connectivity index is 1.71.